The summed E-state index contributed by atoms with van der Waals surface area (Å²) in [6, 6.07) is 18.8. The smallest absolute Gasteiger partial charge is 0.262 e. The van der Waals surface area contributed by atoms with Crippen LogP contribution in [0.4, 0.5) is 17.1 Å². The molecule has 11 heteroatoms. The first-order chi connectivity index (χ1) is 18.4. The van der Waals surface area contributed by atoms with Gasteiger partial charge in [0.25, 0.3) is 5.91 Å². The van der Waals surface area contributed by atoms with Crippen molar-refractivity contribution in [3.8, 4) is 17.2 Å². The maximum Gasteiger partial charge on any atom is 0.262 e. The second kappa shape index (κ2) is 12.2. The van der Waals surface area contributed by atoms with Crippen LogP contribution in [0.15, 0.2) is 66.7 Å². The third-order valence-electron chi connectivity index (χ3n) is 5.87. The minimum Gasteiger partial charge on any atom is -0.497 e. The van der Waals surface area contributed by atoms with Gasteiger partial charge >= 0.3 is 0 Å². The van der Waals surface area contributed by atoms with E-state index in [9.17, 15) is 14.4 Å². The number of ether oxygens (including phenoxy) is 3. The Hall–Kier alpha value is -4.44. The number of nitrogens with one attached hydrogen (secondary N) is 3. The third-order valence-corrected chi connectivity index (χ3v) is 6.13. The van der Waals surface area contributed by atoms with Crippen LogP contribution in [0.2, 0.25) is 5.02 Å². The molecule has 1 aliphatic rings. The topological polar surface area (TPSA) is 118 Å². The molecule has 3 aromatic carbocycles. The van der Waals surface area contributed by atoms with Gasteiger partial charge in [-0.3, -0.25) is 25.2 Å². The fourth-order valence-electron chi connectivity index (χ4n) is 3.92. The quantitative estimate of drug-likeness (QED) is 0.335. The van der Waals surface area contributed by atoms with E-state index in [2.05, 4.69) is 16.2 Å². The summed E-state index contributed by atoms with van der Waals surface area (Å²) in [5.41, 5.74) is 7.12. The monoisotopic (exact) mass is 538 g/mol. The molecule has 0 unspecified atom stereocenters. The number of carbonyl (C=O) groups excluding carboxylic acids is 3. The van der Waals surface area contributed by atoms with Crippen molar-refractivity contribution in [2.75, 3.05) is 43.0 Å². The van der Waals surface area contributed by atoms with Gasteiger partial charge in [-0.1, -0.05) is 17.7 Å². The molecule has 1 fully saturated rings. The van der Waals surface area contributed by atoms with Gasteiger partial charge < -0.3 is 24.4 Å². The lowest BCUT2D eigenvalue weighted by atomic mass is 10.1. The number of methoxy groups -OCH3 is 2. The van der Waals surface area contributed by atoms with Crippen LogP contribution in [0.25, 0.3) is 0 Å². The maximum atomic E-state index is 12.9. The normalized spacial score (nSPS) is 14.6. The van der Waals surface area contributed by atoms with Gasteiger partial charge in [-0.05, 0) is 60.7 Å². The van der Waals surface area contributed by atoms with E-state index in [1.54, 1.807) is 78.7 Å². The first-order valence-corrected chi connectivity index (χ1v) is 12.1. The summed E-state index contributed by atoms with van der Waals surface area (Å²) in [6.07, 6.45) is 0.0726. The SMILES string of the molecule is COc1ccc(NC(=O)COc2c(NNC(=O)[C@H]3CC(=O)N(c4ccc(Cl)cc4)C3)cccc2OC)cc1. The van der Waals surface area contributed by atoms with Crippen LogP contribution in [0.3, 0.4) is 0 Å². The van der Waals surface area contributed by atoms with E-state index in [0.717, 1.165) is 0 Å². The lowest BCUT2D eigenvalue weighted by molar-refractivity contribution is -0.125. The molecule has 38 heavy (non-hydrogen) atoms. The summed E-state index contributed by atoms with van der Waals surface area (Å²) in [6.45, 7) is -0.0663. The molecule has 0 saturated carbocycles. The molecule has 1 atom stereocenters. The van der Waals surface area contributed by atoms with Crippen molar-refractivity contribution < 1.29 is 28.6 Å². The highest BCUT2D eigenvalue weighted by Gasteiger charge is 2.35. The van der Waals surface area contributed by atoms with E-state index in [4.69, 9.17) is 25.8 Å². The number of hydrogen-bond acceptors (Lipinski definition) is 7. The molecule has 1 aliphatic heterocycles. The zero-order chi connectivity index (χ0) is 27.1. The van der Waals surface area contributed by atoms with Crippen LogP contribution in [0.1, 0.15) is 6.42 Å². The Morgan fingerprint density at radius 1 is 1.00 bits per heavy atom. The maximum absolute atomic E-state index is 12.9. The number of hydrazine groups is 1. The number of hydrogen-bond donors (Lipinski definition) is 3. The number of halogens is 1. The molecule has 3 aromatic rings. The third kappa shape index (κ3) is 6.46. The first kappa shape index (κ1) is 26.6. The van der Waals surface area contributed by atoms with E-state index in [1.807, 2.05) is 0 Å². The van der Waals surface area contributed by atoms with Gasteiger partial charge in [0.2, 0.25) is 11.8 Å². The molecule has 0 radical (unpaired) electrons. The van der Waals surface area contributed by atoms with Crippen LogP contribution in [0.5, 0.6) is 17.2 Å². The van der Waals surface area contributed by atoms with Crippen molar-refractivity contribution in [3.05, 3.63) is 71.8 Å². The standard InChI is InChI=1S/C27H27ClN4O6/c1-36-21-12-8-19(9-13-21)29-24(33)16-38-26-22(4-3-5-23(26)37-2)30-31-27(35)17-14-25(34)32(15-17)20-10-6-18(28)7-11-20/h3-13,17,30H,14-16H2,1-2H3,(H,29,33)(H,31,35)/t17-/m0/s1. The van der Waals surface area contributed by atoms with Gasteiger partial charge in [-0.15, -0.1) is 0 Å². The van der Waals surface area contributed by atoms with Crippen LogP contribution in [0, 0.1) is 5.92 Å². The highest BCUT2D eigenvalue weighted by atomic mass is 35.5. The molecule has 0 spiro atoms. The van der Waals surface area contributed by atoms with Crippen molar-refractivity contribution in [3.63, 3.8) is 0 Å². The van der Waals surface area contributed by atoms with Crippen molar-refractivity contribution in [1.82, 2.24) is 5.43 Å². The molecule has 0 aromatic heterocycles. The summed E-state index contributed by atoms with van der Waals surface area (Å²) in [5, 5.41) is 3.30. The van der Waals surface area contributed by atoms with Gasteiger partial charge in [-0.2, -0.15) is 0 Å². The summed E-state index contributed by atoms with van der Waals surface area (Å²) in [7, 11) is 3.03. The molecule has 10 nitrogen and oxygen atoms in total. The van der Waals surface area contributed by atoms with E-state index in [0.29, 0.717) is 33.6 Å². The second-order valence-electron chi connectivity index (χ2n) is 8.40. The summed E-state index contributed by atoms with van der Waals surface area (Å²) in [4.78, 5) is 39.4. The fourth-order valence-corrected chi connectivity index (χ4v) is 4.04. The zero-order valence-electron chi connectivity index (χ0n) is 20.8. The van der Waals surface area contributed by atoms with Gasteiger partial charge in [0.15, 0.2) is 18.1 Å². The number of nitrogens with zero attached hydrogens (tertiary/aromatic N) is 1. The van der Waals surface area contributed by atoms with E-state index in [1.165, 1.54) is 7.11 Å². The molecular formula is C27H27ClN4O6. The van der Waals surface area contributed by atoms with Gasteiger partial charge in [0.05, 0.1) is 25.8 Å². The van der Waals surface area contributed by atoms with Gasteiger partial charge in [0.1, 0.15) is 5.75 Å². The van der Waals surface area contributed by atoms with Gasteiger partial charge in [0, 0.05) is 29.4 Å². The van der Waals surface area contributed by atoms with Crippen molar-refractivity contribution in [2.24, 2.45) is 5.92 Å². The molecule has 3 amide bonds. The summed E-state index contributed by atoms with van der Waals surface area (Å²) < 4.78 is 16.2. The Bertz CT molecular complexity index is 1300. The summed E-state index contributed by atoms with van der Waals surface area (Å²) >= 11 is 5.93. The average molecular weight is 539 g/mol. The molecule has 1 saturated heterocycles. The average Bonchev–Trinajstić information content (AvgIpc) is 3.33. The Balaban J connectivity index is 1.36. The summed E-state index contributed by atoms with van der Waals surface area (Å²) in [5.74, 6) is -0.178. The number of anilines is 3. The number of benzene rings is 3. The minimum atomic E-state index is -0.559. The minimum absolute atomic E-state index is 0.0726. The lowest BCUT2D eigenvalue weighted by Gasteiger charge is -2.18. The number of rotatable bonds is 10. The molecule has 0 aliphatic carbocycles. The van der Waals surface area contributed by atoms with Crippen LogP contribution in [-0.4, -0.2) is 45.1 Å². The van der Waals surface area contributed by atoms with Crippen molar-refractivity contribution in [2.45, 2.75) is 6.42 Å². The Morgan fingerprint density at radius 2 is 1.74 bits per heavy atom. The second-order valence-corrected chi connectivity index (χ2v) is 8.83. The molecular weight excluding hydrogens is 512 g/mol. The predicted octanol–water partition coefficient (Wildman–Crippen LogP) is 3.87. The Morgan fingerprint density at radius 3 is 2.42 bits per heavy atom. The van der Waals surface area contributed by atoms with Crippen LogP contribution < -0.4 is 35.3 Å². The first-order valence-electron chi connectivity index (χ1n) is 11.7. The van der Waals surface area contributed by atoms with Crippen LogP contribution >= 0.6 is 11.6 Å². The Kier molecular flexibility index (Phi) is 8.55. The van der Waals surface area contributed by atoms with Crippen LogP contribution in [-0.2, 0) is 14.4 Å². The van der Waals surface area contributed by atoms with Crippen molar-refractivity contribution in [1.29, 1.82) is 0 Å². The zero-order valence-corrected chi connectivity index (χ0v) is 21.6. The number of para-hydroxylation sites is 1. The lowest BCUT2D eigenvalue weighted by Crippen LogP contribution is -2.36. The van der Waals surface area contributed by atoms with Gasteiger partial charge in [-0.25, -0.2) is 0 Å². The molecule has 198 valence electrons. The molecule has 4 rings (SSSR count). The number of carbonyl (C=O) groups is 3. The number of amides is 3. The highest BCUT2D eigenvalue weighted by molar-refractivity contribution is 6.30. The predicted molar refractivity (Wildman–Crippen MR) is 144 cm³/mol. The molecule has 0 bridgehead atoms. The molecule has 3 N–H and O–H groups in total. The van der Waals surface area contributed by atoms with E-state index < -0.39 is 5.92 Å². The van der Waals surface area contributed by atoms with E-state index in [-0.39, 0.29) is 43.0 Å². The Labute approximate surface area is 224 Å². The van der Waals surface area contributed by atoms with Crippen molar-refractivity contribution >= 4 is 46.4 Å². The molecule has 1 heterocycles. The largest absolute Gasteiger partial charge is 0.497 e. The highest BCUT2D eigenvalue weighted by Crippen LogP contribution is 2.35. The van der Waals surface area contributed by atoms with E-state index >= 15 is 0 Å². The fraction of sp³-hybridized carbons (Fsp3) is 0.222.